The van der Waals surface area contributed by atoms with Gasteiger partial charge in [0.1, 0.15) is 5.75 Å². The van der Waals surface area contributed by atoms with Gasteiger partial charge < -0.3 is 19.7 Å². The van der Waals surface area contributed by atoms with Crippen molar-refractivity contribution in [1.29, 1.82) is 0 Å². The van der Waals surface area contributed by atoms with E-state index in [1.807, 2.05) is 48.2 Å². The summed E-state index contributed by atoms with van der Waals surface area (Å²) in [6, 6.07) is 16.0. The number of anilines is 1. The summed E-state index contributed by atoms with van der Waals surface area (Å²) in [4.78, 5) is 17.1. The SMILES string of the molecule is CCOCc1ccccc1NC(=O)N1CCCN(Cc2ccc(OC)cc2)CC1. The van der Waals surface area contributed by atoms with Crippen molar-refractivity contribution in [3.8, 4) is 5.75 Å². The van der Waals surface area contributed by atoms with Gasteiger partial charge in [0, 0.05) is 50.6 Å². The first kappa shape index (κ1) is 21.1. The number of rotatable bonds is 7. The van der Waals surface area contributed by atoms with Gasteiger partial charge in [-0.15, -0.1) is 0 Å². The summed E-state index contributed by atoms with van der Waals surface area (Å²) in [6.07, 6.45) is 0.962. The van der Waals surface area contributed by atoms with E-state index in [1.165, 1.54) is 5.56 Å². The number of amides is 2. The van der Waals surface area contributed by atoms with Crippen LogP contribution < -0.4 is 10.1 Å². The minimum absolute atomic E-state index is 0.0414. The Morgan fingerprint density at radius 2 is 1.83 bits per heavy atom. The summed E-state index contributed by atoms with van der Waals surface area (Å²) < 4.78 is 10.7. The van der Waals surface area contributed by atoms with Crippen molar-refractivity contribution in [1.82, 2.24) is 9.80 Å². The quantitative estimate of drug-likeness (QED) is 0.768. The maximum atomic E-state index is 12.8. The highest BCUT2D eigenvalue weighted by atomic mass is 16.5. The number of nitrogens with zero attached hydrogens (tertiary/aromatic N) is 2. The summed E-state index contributed by atoms with van der Waals surface area (Å²) in [7, 11) is 1.68. The summed E-state index contributed by atoms with van der Waals surface area (Å²) in [6.45, 7) is 7.33. The Hall–Kier alpha value is -2.57. The number of carbonyl (C=O) groups is 1. The van der Waals surface area contributed by atoms with Crippen LogP contribution in [-0.4, -0.2) is 55.7 Å². The van der Waals surface area contributed by atoms with Gasteiger partial charge in [-0.3, -0.25) is 4.90 Å². The van der Waals surface area contributed by atoms with Crippen molar-refractivity contribution in [3.05, 3.63) is 59.7 Å². The molecule has 0 unspecified atom stereocenters. The number of nitrogens with one attached hydrogen (secondary N) is 1. The van der Waals surface area contributed by atoms with Crippen LogP contribution in [0.3, 0.4) is 0 Å². The number of para-hydroxylation sites is 1. The van der Waals surface area contributed by atoms with Crippen LogP contribution >= 0.6 is 0 Å². The van der Waals surface area contributed by atoms with E-state index < -0.39 is 0 Å². The Labute approximate surface area is 173 Å². The first-order valence-corrected chi connectivity index (χ1v) is 10.3. The van der Waals surface area contributed by atoms with Gasteiger partial charge in [0.15, 0.2) is 0 Å². The molecular weight excluding hydrogens is 366 g/mol. The maximum Gasteiger partial charge on any atom is 0.321 e. The topological polar surface area (TPSA) is 54.0 Å². The first-order valence-electron chi connectivity index (χ1n) is 10.3. The van der Waals surface area contributed by atoms with Crippen molar-refractivity contribution in [2.45, 2.75) is 26.5 Å². The molecule has 156 valence electrons. The van der Waals surface area contributed by atoms with Gasteiger partial charge in [0.05, 0.1) is 13.7 Å². The molecule has 6 nitrogen and oxygen atoms in total. The minimum atomic E-state index is -0.0414. The standard InChI is InChI=1S/C23H31N3O3/c1-3-29-18-20-7-4-5-8-22(20)24-23(27)26-14-6-13-25(15-16-26)17-19-9-11-21(28-2)12-10-19/h4-5,7-12H,3,6,13-18H2,1-2H3,(H,24,27). The van der Waals surface area contributed by atoms with Crippen LogP contribution in [0, 0.1) is 0 Å². The lowest BCUT2D eigenvalue weighted by Crippen LogP contribution is -2.38. The molecule has 1 heterocycles. The third-order valence-corrected chi connectivity index (χ3v) is 5.16. The Morgan fingerprint density at radius 3 is 2.59 bits per heavy atom. The molecule has 0 aromatic heterocycles. The number of hydrogen-bond donors (Lipinski definition) is 1. The summed E-state index contributed by atoms with van der Waals surface area (Å²) in [5.74, 6) is 0.872. The van der Waals surface area contributed by atoms with Crippen molar-refractivity contribution in [3.63, 3.8) is 0 Å². The van der Waals surface area contributed by atoms with E-state index in [-0.39, 0.29) is 6.03 Å². The number of hydrogen-bond acceptors (Lipinski definition) is 4. The normalized spacial score (nSPS) is 15.0. The van der Waals surface area contributed by atoms with Crippen molar-refractivity contribution < 1.29 is 14.3 Å². The van der Waals surface area contributed by atoms with Gasteiger partial charge in [0.25, 0.3) is 0 Å². The van der Waals surface area contributed by atoms with E-state index in [0.29, 0.717) is 13.2 Å². The van der Waals surface area contributed by atoms with Gasteiger partial charge in [-0.05, 0) is 37.1 Å². The van der Waals surface area contributed by atoms with E-state index in [1.54, 1.807) is 7.11 Å². The molecule has 0 spiro atoms. The van der Waals surface area contributed by atoms with E-state index in [4.69, 9.17) is 9.47 Å². The van der Waals surface area contributed by atoms with Gasteiger partial charge in [-0.1, -0.05) is 30.3 Å². The minimum Gasteiger partial charge on any atom is -0.497 e. The second-order valence-electron chi connectivity index (χ2n) is 7.19. The Balaban J connectivity index is 1.54. The third kappa shape index (κ3) is 6.21. The molecule has 1 fully saturated rings. The van der Waals surface area contributed by atoms with Crippen molar-refractivity contribution >= 4 is 11.7 Å². The molecule has 1 saturated heterocycles. The zero-order valence-electron chi connectivity index (χ0n) is 17.4. The second-order valence-corrected chi connectivity index (χ2v) is 7.19. The largest absolute Gasteiger partial charge is 0.497 e. The Kier molecular flexibility index (Phi) is 7.90. The van der Waals surface area contributed by atoms with Crippen LogP contribution in [0.4, 0.5) is 10.5 Å². The molecule has 1 N–H and O–H groups in total. The summed E-state index contributed by atoms with van der Waals surface area (Å²) in [5, 5.41) is 3.07. The fourth-order valence-electron chi connectivity index (χ4n) is 3.50. The predicted molar refractivity (Wildman–Crippen MR) is 115 cm³/mol. The predicted octanol–water partition coefficient (Wildman–Crippen LogP) is 3.97. The molecule has 0 radical (unpaired) electrons. The summed E-state index contributed by atoms with van der Waals surface area (Å²) >= 11 is 0. The maximum absolute atomic E-state index is 12.8. The van der Waals surface area contributed by atoms with Crippen molar-refractivity contribution in [2.75, 3.05) is 45.2 Å². The lowest BCUT2D eigenvalue weighted by molar-refractivity contribution is 0.134. The molecule has 1 aliphatic rings. The fourth-order valence-corrected chi connectivity index (χ4v) is 3.50. The van der Waals surface area contributed by atoms with Crippen LogP contribution in [0.1, 0.15) is 24.5 Å². The highest BCUT2D eigenvalue weighted by Crippen LogP contribution is 2.18. The Bertz CT molecular complexity index is 779. The van der Waals surface area contributed by atoms with Gasteiger partial charge >= 0.3 is 6.03 Å². The molecule has 2 amide bonds. The lowest BCUT2D eigenvalue weighted by atomic mass is 10.2. The van der Waals surface area contributed by atoms with Gasteiger partial charge in [-0.25, -0.2) is 4.79 Å². The number of methoxy groups -OCH3 is 1. The molecule has 0 bridgehead atoms. The summed E-state index contributed by atoms with van der Waals surface area (Å²) in [5.41, 5.74) is 3.08. The molecule has 2 aromatic carbocycles. The average Bonchev–Trinajstić information content (AvgIpc) is 2.99. The van der Waals surface area contributed by atoms with E-state index in [2.05, 4.69) is 22.3 Å². The smallest absolute Gasteiger partial charge is 0.321 e. The molecule has 3 rings (SSSR count). The number of benzene rings is 2. The van der Waals surface area contributed by atoms with Crippen molar-refractivity contribution in [2.24, 2.45) is 0 Å². The average molecular weight is 398 g/mol. The highest BCUT2D eigenvalue weighted by Gasteiger charge is 2.20. The molecule has 6 heteroatoms. The van der Waals surface area contributed by atoms with Gasteiger partial charge in [0.2, 0.25) is 0 Å². The molecule has 0 saturated carbocycles. The van der Waals surface area contributed by atoms with E-state index in [9.17, 15) is 4.79 Å². The molecule has 2 aromatic rings. The van der Waals surface area contributed by atoms with Crippen LogP contribution in [0.15, 0.2) is 48.5 Å². The highest BCUT2D eigenvalue weighted by molar-refractivity contribution is 5.90. The molecule has 0 aliphatic carbocycles. The lowest BCUT2D eigenvalue weighted by Gasteiger charge is -2.23. The number of urea groups is 1. The second kappa shape index (κ2) is 10.8. The fraction of sp³-hybridized carbons (Fsp3) is 0.435. The third-order valence-electron chi connectivity index (χ3n) is 5.16. The van der Waals surface area contributed by atoms with Gasteiger partial charge in [-0.2, -0.15) is 0 Å². The van der Waals surface area contributed by atoms with Crippen LogP contribution in [0.5, 0.6) is 5.75 Å². The van der Waals surface area contributed by atoms with Crippen LogP contribution in [0.25, 0.3) is 0 Å². The Morgan fingerprint density at radius 1 is 1.03 bits per heavy atom. The van der Waals surface area contributed by atoms with Crippen LogP contribution in [-0.2, 0) is 17.9 Å². The van der Waals surface area contributed by atoms with E-state index in [0.717, 1.165) is 56.1 Å². The molecular formula is C23H31N3O3. The number of ether oxygens (including phenoxy) is 2. The molecule has 0 atom stereocenters. The monoisotopic (exact) mass is 397 g/mol. The molecule has 29 heavy (non-hydrogen) atoms. The van der Waals surface area contributed by atoms with Crippen LogP contribution in [0.2, 0.25) is 0 Å². The first-order chi connectivity index (χ1) is 14.2. The van der Waals surface area contributed by atoms with E-state index >= 15 is 0 Å². The number of carbonyl (C=O) groups excluding carboxylic acids is 1. The zero-order chi connectivity index (χ0) is 20.5. The molecule has 1 aliphatic heterocycles. The zero-order valence-corrected chi connectivity index (χ0v) is 17.4.